The highest BCUT2D eigenvalue weighted by Crippen LogP contribution is 2.30. The highest BCUT2D eigenvalue weighted by molar-refractivity contribution is 6.27. The normalized spacial score (nSPS) is 11.0. The molecule has 8 heteroatoms. The number of ether oxygens (including phenoxy) is 3. The van der Waals surface area contributed by atoms with E-state index in [4.69, 9.17) is 34.0 Å². The van der Waals surface area contributed by atoms with E-state index in [1.165, 1.54) is 0 Å². The molecule has 0 aliphatic carbocycles. The number of para-hydroxylation sites is 1. The first-order valence-corrected chi connectivity index (χ1v) is 6.75. The number of carboxylic acids is 2. The second kappa shape index (κ2) is 11.3. The van der Waals surface area contributed by atoms with Gasteiger partial charge in [0.2, 0.25) is 0 Å². The van der Waals surface area contributed by atoms with Crippen molar-refractivity contribution >= 4 is 11.9 Å². The van der Waals surface area contributed by atoms with E-state index >= 15 is 0 Å². The Morgan fingerprint density at radius 2 is 1.74 bits per heavy atom. The van der Waals surface area contributed by atoms with Gasteiger partial charge in [-0.1, -0.05) is 12.1 Å². The van der Waals surface area contributed by atoms with Gasteiger partial charge in [-0.2, -0.15) is 0 Å². The molecule has 1 rings (SSSR count). The smallest absolute Gasteiger partial charge is 0.414 e. The van der Waals surface area contributed by atoms with E-state index in [-0.39, 0.29) is 0 Å². The Kier molecular flexibility index (Phi) is 10.1. The summed E-state index contributed by atoms with van der Waals surface area (Å²) in [6, 6.07) is 6.17. The van der Waals surface area contributed by atoms with Gasteiger partial charge in [0.25, 0.3) is 0 Å². The van der Waals surface area contributed by atoms with E-state index in [9.17, 15) is 0 Å². The van der Waals surface area contributed by atoms with Crippen LogP contribution in [0.25, 0.3) is 0 Å². The van der Waals surface area contributed by atoms with Gasteiger partial charge >= 0.3 is 11.9 Å². The van der Waals surface area contributed by atoms with Gasteiger partial charge in [0, 0.05) is 25.3 Å². The zero-order valence-corrected chi connectivity index (χ0v) is 13.7. The SMILES string of the molecule is COCC(C)NCc1cccc(OC)c1OC.O=C(O)C(=O)O. The van der Waals surface area contributed by atoms with Crippen LogP contribution in [0.3, 0.4) is 0 Å². The summed E-state index contributed by atoms with van der Waals surface area (Å²) in [6.07, 6.45) is 0. The predicted octanol–water partition coefficient (Wildman–Crippen LogP) is 0.984. The van der Waals surface area contributed by atoms with E-state index in [0.717, 1.165) is 23.6 Å². The lowest BCUT2D eigenvalue weighted by Crippen LogP contribution is -2.29. The molecule has 0 spiro atoms. The van der Waals surface area contributed by atoms with Gasteiger partial charge in [0.15, 0.2) is 11.5 Å². The van der Waals surface area contributed by atoms with E-state index < -0.39 is 11.9 Å². The summed E-state index contributed by atoms with van der Waals surface area (Å²) >= 11 is 0. The van der Waals surface area contributed by atoms with Crippen LogP contribution in [-0.4, -0.2) is 56.1 Å². The highest BCUT2D eigenvalue weighted by Gasteiger charge is 2.10. The number of nitrogens with one attached hydrogen (secondary N) is 1. The number of carboxylic acid groups (broad SMARTS) is 2. The molecule has 8 nitrogen and oxygen atoms in total. The molecule has 0 radical (unpaired) electrons. The molecule has 0 saturated carbocycles. The lowest BCUT2D eigenvalue weighted by atomic mass is 10.1. The molecule has 0 heterocycles. The third kappa shape index (κ3) is 8.03. The molecule has 130 valence electrons. The summed E-state index contributed by atoms with van der Waals surface area (Å²) in [7, 11) is 4.99. The fourth-order valence-corrected chi connectivity index (χ4v) is 1.69. The third-order valence-corrected chi connectivity index (χ3v) is 2.73. The largest absolute Gasteiger partial charge is 0.493 e. The molecule has 0 saturated heterocycles. The average Bonchev–Trinajstić information content (AvgIpc) is 2.53. The molecular weight excluding hydrogens is 306 g/mol. The van der Waals surface area contributed by atoms with Crippen LogP contribution in [0.1, 0.15) is 12.5 Å². The molecule has 1 unspecified atom stereocenters. The van der Waals surface area contributed by atoms with Crippen LogP contribution >= 0.6 is 0 Å². The van der Waals surface area contributed by atoms with Gasteiger partial charge in [-0.15, -0.1) is 0 Å². The standard InChI is InChI=1S/C13H21NO3.C2H2O4/c1-10(9-15-2)14-8-11-6-5-7-12(16-3)13(11)17-4;3-1(4)2(5)6/h5-7,10,14H,8-9H2,1-4H3;(H,3,4)(H,5,6). The van der Waals surface area contributed by atoms with E-state index in [1.54, 1.807) is 21.3 Å². The van der Waals surface area contributed by atoms with Crippen molar-refractivity contribution in [2.45, 2.75) is 19.5 Å². The van der Waals surface area contributed by atoms with Gasteiger partial charge in [0.05, 0.1) is 20.8 Å². The van der Waals surface area contributed by atoms with Crippen LogP contribution < -0.4 is 14.8 Å². The molecule has 0 aromatic heterocycles. The van der Waals surface area contributed by atoms with Crippen LogP contribution in [0.15, 0.2) is 18.2 Å². The van der Waals surface area contributed by atoms with E-state index in [1.807, 2.05) is 18.2 Å². The summed E-state index contributed by atoms with van der Waals surface area (Å²) in [5.41, 5.74) is 1.08. The molecule has 1 atom stereocenters. The fourth-order valence-electron chi connectivity index (χ4n) is 1.69. The van der Waals surface area contributed by atoms with Crippen LogP contribution in [0.4, 0.5) is 0 Å². The molecule has 0 fully saturated rings. The van der Waals surface area contributed by atoms with Gasteiger partial charge in [0.1, 0.15) is 0 Å². The van der Waals surface area contributed by atoms with Crippen molar-refractivity contribution in [3.05, 3.63) is 23.8 Å². The molecule has 1 aromatic rings. The first kappa shape index (κ1) is 20.7. The van der Waals surface area contributed by atoms with Crippen molar-refractivity contribution < 1.29 is 34.0 Å². The van der Waals surface area contributed by atoms with Gasteiger partial charge in [-0.05, 0) is 13.0 Å². The topological polar surface area (TPSA) is 114 Å². The zero-order chi connectivity index (χ0) is 17.8. The van der Waals surface area contributed by atoms with Crippen molar-refractivity contribution in [1.29, 1.82) is 0 Å². The summed E-state index contributed by atoms with van der Waals surface area (Å²) < 4.78 is 15.7. The van der Waals surface area contributed by atoms with Crippen molar-refractivity contribution in [3.63, 3.8) is 0 Å². The van der Waals surface area contributed by atoms with Gasteiger partial charge in [-0.3, -0.25) is 0 Å². The number of carbonyl (C=O) groups is 2. The molecule has 23 heavy (non-hydrogen) atoms. The van der Waals surface area contributed by atoms with E-state index in [0.29, 0.717) is 12.6 Å². The lowest BCUT2D eigenvalue weighted by Gasteiger charge is -2.16. The zero-order valence-electron chi connectivity index (χ0n) is 13.7. The van der Waals surface area contributed by atoms with Crippen LogP contribution in [0.5, 0.6) is 11.5 Å². The van der Waals surface area contributed by atoms with Crippen LogP contribution in [0, 0.1) is 0 Å². The third-order valence-electron chi connectivity index (χ3n) is 2.73. The maximum atomic E-state index is 9.10. The molecule has 0 amide bonds. The number of methoxy groups -OCH3 is 3. The Labute approximate surface area is 135 Å². The Morgan fingerprint density at radius 3 is 2.17 bits per heavy atom. The molecule has 0 aliphatic rings. The lowest BCUT2D eigenvalue weighted by molar-refractivity contribution is -0.159. The number of hydrogen-bond donors (Lipinski definition) is 3. The van der Waals surface area contributed by atoms with E-state index in [2.05, 4.69) is 12.2 Å². The summed E-state index contributed by atoms with van der Waals surface area (Å²) in [5, 5.41) is 18.1. The number of benzene rings is 1. The Balaban J connectivity index is 0.000000688. The second-order valence-electron chi connectivity index (χ2n) is 4.50. The average molecular weight is 329 g/mol. The minimum absolute atomic E-state index is 0.302. The summed E-state index contributed by atoms with van der Waals surface area (Å²) in [6.45, 7) is 3.49. The van der Waals surface area contributed by atoms with Crippen LogP contribution in [0.2, 0.25) is 0 Å². The summed E-state index contributed by atoms with van der Waals surface area (Å²) in [5.74, 6) is -2.11. The Hall–Kier alpha value is -2.32. The molecule has 0 aliphatic heterocycles. The van der Waals surface area contributed by atoms with Gasteiger partial charge < -0.3 is 29.7 Å². The Morgan fingerprint density at radius 1 is 1.13 bits per heavy atom. The van der Waals surface area contributed by atoms with Crippen molar-refractivity contribution in [3.8, 4) is 11.5 Å². The van der Waals surface area contributed by atoms with Crippen molar-refractivity contribution in [1.82, 2.24) is 5.32 Å². The second-order valence-corrected chi connectivity index (χ2v) is 4.50. The first-order chi connectivity index (χ1) is 10.9. The quantitative estimate of drug-likeness (QED) is 0.634. The van der Waals surface area contributed by atoms with Crippen molar-refractivity contribution in [2.24, 2.45) is 0 Å². The van der Waals surface area contributed by atoms with Crippen molar-refractivity contribution in [2.75, 3.05) is 27.9 Å². The molecular formula is C15H23NO7. The minimum atomic E-state index is -1.82. The number of rotatable bonds is 7. The summed E-state index contributed by atoms with van der Waals surface area (Å²) in [4.78, 5) is 18.2. The maximum absolute atomic E-state index is 9.10. The maximum Gasteiger partial charge on any atom is 0.414 e. The van der Waals surface area contributed by atoms with Crippen LogP contribution in [-0.2, 0) is 20.9 Å². The predicted molar refractivity (Wildman–Crippen MR) is 83.0 cm³/mol. The number of hydrogen-bond acceptors (Lipinski definition) is 6. The highest BCUT2D eigenvalue weighted by atomic mass is 16.5. The number of aliphatic carboxylic acids is 2. The monoisotopic (exact) mass is 329 g/mol. The minimum Gasteiger partial charge on any atom is -0.493 e. The molecule has 3 N–H and O–H groups in total. The Bertz CT molecular complexity index is 493. The van der Waals surface area contributed by atoms with Gasteiger partial charge in [-0.25, -0.2) is 9.59 Å². The fraction of sp³-hybridized carbons (Fsp3) is 0.467. The molecule has 1 aromatic carbocycles. The first-order valence-electron chi connectivity index (χ1n) is 6.75. The molecule has 0 bridgehead atoms.